The fraction of sp³-hybridized carbons (Fsp3) is 0.125. The molecular formula is C32H24BrCl2NO6. The van der Waals surface area contributed by atoms with Gasteiger partial charge in [-0.25, -0.2) is 4.79 Å². The van der Waals surface area contributed by atoms with Gasteiger partial charge in [0.1, 0.15) is 11.5 Å². The zero-order valence-electron chi connectivity index (χ0n) is 22.0. The van der Waals surface area contributed by atoms with E-state index in [9.17, 15) is 14.7 Å². The number of carbonyl (C=O) groups excluding carboxylic acids is 1. The van der Waals surface area contributed by atoms with Gasteiger partial charge < -0.3 is 24.3 Å². The van der Waals surface area contributed by atoms with Crippen LogP contribution in [0.4, 0.5) is 0 Å². The zero-order chi connectivity index (χ0) is 29.6. The maximum absolute atomic E-state index is 12.6. The highest BCUT2D eigenvalue weighted by Crippen LogP contribution is 2.35. The van der Waals surface area contributed by atoms with E-state index in [2.05, 4.69) is 21.2 Å². The smallest absolute Gasteiger partial charge is 0.345 e. The highest BCUT2D eigenvalue weighted by molar-refractivity contribution is 9.10. The van der Waals surface area contributed by atoms with Crippen molar-refractivity contribution in [3.63, 3.8) is 0 Å². The lowest BCUT2D eigenvalue weighted by Gasteiger charge is -2.17. The van der Waals surface area contributed by atoms with Crippen molar-refractivity contribution >= 4 is 61.7 Å². The summed E-state index contributed by atoms with van der Waals surface area (Å²) in [6, 6.07) is 26.7. The summed E-state index contributed by atoms with van der Waals surface area (Å²) in [5, 5.41) is 15.5. The molecular weight excluding hydrogens is 645 g/mol. The normalized spacial score (nSPS) is 11.8. The van der Waals surface area contributed by atoms with E-state index < -0.39 is 12.1 Å². The molecule has 42 heavy (non-hydrogen) atoms. The minimum atomic E-state index is -1.04. The summed E-state index contributed by atoms with van der Waals surface area (Å²) in [6.45, 7) is 0.503. The average molecular weight is 669 g/mol. The van der Waals surface area contributed by atoms with Crippen molar-refractivity contribution < 1.29 is 28.6 Å². The van der Waals surface area contributed by atoms with Crippen LogP contribution in [0.2, 0.25) is 10.0 Å². The third-order valence-electron chi connectivity index (χ3n) is 6.32. The molecule has 1 atom stereocenters. The molecule has 2 N–H and O–H groups in total. The minimum absolute atomic E-state index is 0.0580. The van der Waals surface area contributed by atoms with Crippen LogP contribution in [0.1, 0.15) is 21.7 Å². The summed E-state index contributed by atoms with van der Waals surface area (Å²) in [5.41, 5.74) is 1.84. The molecule has 10 heteroatoms. The van der Waals surface area contributed by atoms with E-state index in [0.717, 1.165) is 21.9 Å². The number of carboxylic acids is 1. The van der Waals surface area contributed by atoms with E-state index in [1.165, 1.54) is 0 Å². The lowest BCUT2D eigenvalue weighted by Crippen LogP contribution is -2.29. The number of benzene rings is 4. The first-order chi connectivity index (χ1) is 20.2. The quantitative estimate of drug-likeness (QED) is 0.129. The van der Waals surface area contributed by atoms with Crippen molar-refractivity contribution in [2.75, 3.05) is 6.54 Å². The van der Waals surface area contributed by atoms with Gasteiger partial charge in [-0.15, -0.1) is 0 Å². The Labute approximate surface area is 260 Å². The second kappa shape index (κ2) is 13.4. The molecule has 0 aliphatic rings. The number of furan rings is 1. The van der Waals surface area contributed by atoms with Gasteiger partial charge in [0.2, 0.25) is 5.78 Å². The summed E-state index contributed by atoms with van der Waals surface area (Å²) < 4.78 is 17.7. The molecule has 5 rings (SSSR count). The van der Waals surface area contributed by atoms with Gasteiger partial charge >= 0.3 is 5.97 Å². The third-order valence-corrected chi connectivity index (χ3v) is 7.57. The number of ketones is 1. The molecule has 0 aliphatic heterocycles. The lowest BCUT2D eigenvalue weighted by atomic mass is 10.1. The van der Waals surface area contributed by atoms with E-state index in [1.54, 1.807) is 36.4 Å². The largest absolute Gasteiger partial charge is 0.478 e. The molecule has 1 unspecified atom stereocenters. The molecule has 0 radical (unpaired) electrons. The SMILES string of the molecule is O=C(CNCc1ccc2c(Br)c(OC(Cc3ccccc3)C(=O)O)ccc2c1)c1ccc(Oc2cc(Cl)cc(Cl)c2)o1. The van der Waals surface area contributed by atoms with E-state index in [0.29, 0.717) is 32.6 Å². The maximum Gasteiger partial charge on any atom is 0.345 e. The van der Waals surface area contributed by atoms with Crippen molar-refractivity contribution in [3.05, 3.63) is 122 Å². The molecule has 0 aliphatic carbocycles. The fourth-order valence-corrected chi connectivity index (χ4v) is 5.41. The summed E-state index contributed by atoms with van der Waals surface area (Å²) in [6.07, 6.45) is -0.790. The average Bonchev–Trinajstić information content (AvgIpc) is 3.42. The van der Waals surface area contributed by atoms with E-state index in [-0.39, 0.29) is 30.5 Å². The van der Waals surface area contributed by atoms with E-state index in [1.807, 2.05) is 54.6 Å². The third kappa shape index (κ3) is 7.52. The number of ether oxygens (including phenoxy) is 2. The Morgan fingerprint density at radius 2 is 1.67 bits per heavy atom. The molecule has 1 heterocycles. The topological polar surface area (TPSA) is 98.0 Å². The number of hydrogen-bond donors (Lipinski definition) is 2. The van der Waals surface area contributed by atoms with Crippen molar-refractivity contribution in [1.29, 1.82) is 0 Å². The van der Waals surface area contributed by atoms with Crippen molar-refractivity contribution in [1.82, 2.24) is 5.32 Å². The predicted octanol–water partition coefficient (Wildman–Crippen LogP) is 8.34. The summed E-state index contributed by atoms with van der Waals surface area (Å²) >= 11 is 15.6. The van der Waals surface area contributed by atoms with E-state index >= 15 is 0 Å². The van der Waals surface area contributed by atoms with Gasteiger partial charge in [0.05, 0.1) is 11.0 Å². The van der Waals surface area contributed by atoms with Crippen LogP contribution in [0.3, 0.4) is 0 Å². The van der Waals surface area contributed by atoms with Gasteiger partial charge in [-0.2, -0.15) is 0 Å². The number of carbonyl (C=O) groups is 2. The standard InChI is InChI=1S/C32H24BrCl2NO6/c33-31-25-8-6-20(12-21(25)7-9-28(31)41-29(32(38)39)13-19-4-2-1-3-5-19)17-36-18-26(37)27-10-11-30(42-27)40-24-15-22(34)14-23(35)16-24/h1-12,14-16,29,36H,13,17-18H2,(H,38,39). The Morgan fingerprint density at radius 1 is 0.905 bits per heavy atom. The lowest BCUT2D eigenvalue weighted by molar-refractivity contribution is -0.145. The molecule has 0 fully saturated rings. The molecule has 0 saturated carbocycles. The van der Waals surface area contributed by atoms with Gasteiger partial charge in [-0.3, -0.25) is 4.79 Å². The van der Waals surface area contributed by atoms with Crippen LogP contribution in [-0.2, 0) is 17.8 Å². The predicted molar refractivity (Wildman–Crippen MR) is 165 cm³/mol. The first kappa shape index (κ1) is 29.7. The minimum Gasteiger partial charge on any atom is -0.478 e. The maximum atomic E-state index is 12.6. The molecule has 214 valence electrons. The second-order valence-corrected chi connectivity index (χ2v) is 11.1. The van der Waals surface area contributed by atoms with Crippen LogP contribution in [0.15, 0.2) is 99.9 Å². The molecule has 1 aromatic heterocycles. The Hall–Kier alpha value is -3.82. The number of rotatable bonds is 12. The first-order valence-corrected chi connectivity index (χ1v) is 14.4. The van der Waals surface area contributed by atoms with Crippen LogP contribution in [-0.4, -0.2) is 29.5 Å². The number of fused-ring (bicyclic) bond motifs is 1. The van der Waals surface area contributed by atoms with Crippen molar-refractivity contribution in [2.45, 2.75) is 19.1 Å². The Morgan fingerprint density at radius 3 is 2.40 bits per heavy atom. The fourth-order valence-electron chi connectivity index (χ4n) is 4.32. The van der Waals surface area contributed by atoms with Crippen molar-refractivity contribution in [3.8, 4) is 17.4 Å². The number of Topliss-reactive ketones (excluding diaryl/α,β-unsaturated/α-hetero) is 1. The van der Waals surface area contributed by atoms with Gasteiger partial charge in [0.25, 0.3) is 5.95 Å². The summed E-state index contributed by atoms with van der Waals surface area (Å²) in [7, 11) is 0. The second-order valence-electron chi connectivity index (χ2n) is 9.42. The molecule has 4 aromatic carbocycles. The number of aliphatic carboxylic acids is 1. The molecule has 0 amide bonds. The summed E-state index contributed by atoms with van der Waals surface area (Å²) in [5.74, 6) is -0.117. The highest BCUT2D eigenvalue weighted by atomic mass is 79.9. The van der Waals surface area contributed by atoms with Gasteiger partial charge in [-0.1, -0.05) is 71.7 Å². The molecule has 0 bridgehead atoms. The molecule has 0 spiro atoms. The van der Waals surface area contributed by atoms with Crippen molar-refractivity contribution in [2.24, 2.45) is 0 Å². The van der Waals surface area contributed by atoms with Gasteiger partial charge in [0.15, 0.2) is 11.9 Å². The first-order valence-electron chi connectivity index (χ1n) is 12.9. The molecule has 5 aromatic rings. The number of hydrogen-bond acceptors (Lipinski definition) is 6. The van der Waals surface area contributed by atoms with Crippen LogP contribution >= 0.6 is 39.1 Å². The Kier molecular flexibility index (Phi) is 9.49. The van der Waals surface area contributed by atoms with Gasteiger partial charge in [-0.05, 0) is 74.2 Å². The monoisotopic (exact) mass is 667 g/mol. The number of carboxylic acid groups (broad SMARTS) is 1. The molecule has 7 nitrogen and oxygen atoms in total. The van der Waals surface area contributed by atoms with Crippen LogP contribution in [0.5, 0.6) is 17.4 Å². The number of nitrogens with one attached hydrogen (secondary N) is 1. The zero-order valence-corrected chi connectivity index (χ0v) is 25.1. The summed E-state index contributed by atoms with van der Waals surface area (Å²) in [4.78, 5) is 24.5. The number of halogens is 3. The Balaban J connectivity index is 1.18. The van der Waals surface area contributed by atoms with Crippen LogP contribution in [0.25, 0.3) is 10.8 Å². The highest BCUT2D eigenvalue weighted by Gasteiger charge is 2.22. The Bertz CT molecular complexity index is 1720. The van der Waals surface area contributed by atoms with Gasteiger partial charge in [0, 0.05) is 29.1 Å². The van der Waals surface area contributed by atoms with Crippen LogP contribution in [0, 0.1) is 0 Å². The molecule has 0 saturated heterocycles. The van der Waals surface area contributed by atoms with E-state index in [4.69, 9.17) is 37.1 Å². The van der Waals surface area contributed by atoms with Crippen LogP contribution < -0.4 is 14.8 Å².